The smallest absolute Gasteiger partial charge is 0.0531 e. The molecule has 0 spiro atoms. The molecule has 0 amide bonds. The quantitative estimate of drug-likeness (QED) is 0.482. The highest BCUT2D eigenvalue weighted by Crippen LogP contribution is 2.28. The first-order chi connectivity index (χ1) is 12.5. The van der Waals surface area contributed by atoms with Gasteiger partial charge in [0.1, 0.15) is 0 Å². The second-order valence-electron chi connectivity index (χ2n) is 8.09. The third-order valence-electron chi connectivity index (χ3n) is 5.55. The van der Waals surface area contributed by atoms with Gasteiger partial charge in [0.05, 0.1) is 11.1 Å². The van der Waals surface area contributed by atoms with Gasteiger partial charge in [-0.2, -0.15) is 0 Å². The number of hydrogen-bond acceptors (Lipinski definition) is 2. The number of rotatable bonds is 10. The summed E-state index contributed by atoms with van der Waals surface area (Å²) in [7, 11) is 0. The summed E-state index contributed by atoms with van der Waals surface area (Å²) >= 11 is 0. The van der Waals surface area contributed by atoms with E-state index in [-0.39, 0.29) is 11.1 Å². The zero-order chi connectivity index (χ0) is 18.9. The molecule has 0 saturated carbocycles. The van der Waals surface area contributed by atoms with Gasteiger partial charge in [-0.1, -0.05) is 114 Å². The van der Waals surface area contributed by atoms with E-state index in [0.29, 0.717) is 0 Å². The molecule has 0 aliphatic heterocycles. The highest BCUT2D eigenvalue weighted by atomic mass is 14.7. The Morgan fingerprint density at radius 3 is 1.23 bits per heavy atom. The summed E-state index contributed by atoms with van der Waals surface area (Å²) in [4.78, 5) is 0. The Balaban J connectivity index is 1.91. The van der Waals surface area contributed by atoms with Gasteiger partial charge in [0.25, 0.3) is 0 Å². The molecular formula is C24H38N2. The minimum Gasteiger partial charge on any atom is -0.319 e. The second-order valence-corrected chi connectivity index (χ2v) is 8.09. The van der Waals surface area contributed by atoms with E-state index in [1.54, 1.807) is 0 Å². The lowest BCUT2D eigenvalue weighted by Gasteiger charge is -2.27. The Morgan fingerprint density at radius 2 is 0.923 bits per heavy atom. The van der Waals surface area contributed by atoms with E-state index in [4.69, 9.17) is 11.5 Å². The topological polar surface area (TPSA) is 52.0 Å². The van der Waals surface area contributed by atoms with Crippen molar-refractivity contribution in [3.63, 3.8) is 0 Å². The standard InChI is InChI=1S/C24H38N2/c1-3-5-7-9-15-23(25)17-11-21(12-18-23)22-13-19-24(26,20-14-22)16-10-8-6-4-2/h11-14,17-20H,3-10,15-16,25-26H2,1-2H3. The minimum atomic E-state index is -0.281. The van der Waals surface area contributed by atoms with Crippen LogP contribution in [0, 0.1) is 0 Å². The van der Waals surface area contributed by atoms with Crippen molar-refractivity contribution in [1.82, 2.24) is 0 Å². The molecule has 0 fully saturated rings. The van der Waals surface area contributed by atoms with Crippen LogP contribution in [0.4, 0.5) is 0 Å². The van der Waals surface area contributed by atoms with Crippen molar-refractivity contribution in [2.75, 3.05) is 0 Å². The fraction of sp³-hybridized carbons (Fsp3) is 0.583. The van der Waals surface area contributed by atoms with Crippen LogP contribution in [-0.2, 0) is 0 Å². The van der Waals surface area contributed by atoms with Crippen LogP contribution in [0.25, 0.3) is 0 Å². The van der Waals surface area contributed by atoms with Gasteiger partial charge in [-0.05, 0) is 24.0 Å². The highest BCUT2D eigenvalue weighted by molar-refractivity contribution is 5.53. The lowest BCUT2D eigenvalue weighted by atomic mass is 9.84. The first-order valence-corrected chi connectivity index (χ1v) is 10.6. The number of hydrogen-bond donors (Lipinski definition) is 2. The molecule has 2 rings (SSSR count). The molecule has 0 atom stereocenters. The van der Waals surface area contributed by atoms with Crippen LogP contribution in [0.2, 0.25) is 0 Å². The normalized spacial score (nSPS) is 27.5. The first kappa shape index (κ1) is 20.9. The fourth-order valence-electron chi connectivity index (χ4n) is 3.64. The SMILES string of the molecule is CCCCCCC1(N)C=CC(=C2C=CC(N)(CCCCCC)C=C2)C=C1. The maximum atomic E-state index is 6.50. The van der Waals surface area contributed by atoms with Gasteiger partial charge in [-0.3, -0.25) is 0 Å². The fourth-order valence-corrected chi connectivity index (χ4v) is 3.64. The van der Waals surface area contributed by atoms with E-state index in [1.165, 1.54) is 62.5 Å². The van der Waals surface area contributed by atoms with Crippen LogP contribution < -0.4 is 11.5 Å². The Kier molecular flexibility index (Phi) is 8.12. The summed E-state index contributed by atoms with van der Waals surface area (Å²) in [6.07, 6.45) is 29.5. The Bertz CT molecular complexity index is 505. The van der Waals surface area contributed by atoms with Crippen LogP contribution in [-0.4, -0.2) is 11.1 Å². The summed E-state index contributed by atoms with van der Waals surface area (Å²) in [5.74, 6) is 0. The molecule has 0 aromatic carbocycles. The van der Waals surface area contributed by atoms with Crippen molar-refractivity contribution in [2.24, 2.45) is 11.5 Å². The maximum Gasteiger partial charge on any atom is 0.0531 e. The molecular weight excluding hydrogens is 316 g/mol. The van der Waals surface area contributed by atoms with E-state index >= 15 is 0 Å². The van der Waals surface area contributed by atoms with Gasteiger partial charge in [-0.25, -0.2) is 0 Å². The predicted octanol–water partition coefficient (Wildman–Crippen LogP) is 5.87. The molecule has 4 N–H and O–H groups in total. The molecule has 26 heavy (non-hydrogen) atoms. The molecule has 0 bridgehead atoms. The van der Waals surface area contributed by atoms with Gasteiger partial charge < -0.3 is 11.5 Å². The molecule has 2 heteroatoms. The average molecular weight is 355 g/mol. The summed E-state index contributed by atoms with van der Waals surface area (Å²) in [5, 5.41) is 0. The zero-order valence-corrected chi connectivity index (χ0v) is 16.8. The van der Waals surface area contributed by atoms with Gasteiger partial charge in [0, 0.05) is 0 Å². The van der Waals surface area contributed by atoms with Gasteiger partial charge in [0.2, 0.25) is 0 Å². The van der Waals surface area contributed by atoms with E-state index < -0.39 is 0 Å². The molecule has 2 aliphatic rings. The first-order valence-electron chi connectivity index (χ1n) is 10.6. The van der Waals surface area contributed by atoms with Gasteiger partial charge >= 0.3 is 0 Å². The highest BCUT2D eigenvalue weighted by Gasteiger charge is 2.22. The van der Waals surface area contributed by atoms with Crippen molar-refractivity contribution in [1.29, 1.82) is 0 Å². The van der Waals surface area contributed by atoms with Crippen LogP contribution in [0.1, 0.15) is 78.1 Å². The van der Waals surface area contributed by atoms with E-state index in [2.05, 4.69) is 62.5 Å². The summed E-state index contributed by atoms with van der Waals surface area (Å²) < 4.78 is 0. The zero-order valence-electron chi connectivity index (χ0n) is 16.8. The van der Waals surface area contributed by atoms with Crippen molar-refractivity contribution in [3.05, 3.63) is 59.8 Å². The Hall–Kier alpha value is -1.38. The summed E-state index contributed by atoms with van der Waals surface area (Å²) in [6, 6.07) is 0. The monoisotopic (exact) mass is 354 g/mol. The molecule has 0 heterocycles. The molecule has 144 valence electrons. The van der Waals surface area contributed by atoms with Crippen LogP contribution in [0.15, 0.2) is 59.8 Å². The largest absolute Gasteiger partial charge is 0.319 e. The van der Waals surface area contributed by atoms with Gasteiger partial charge in [0.15, 0.2) is 0 Å². The molecule has 2 nitrogen and oxygen atoms in total. The third-order valence-corrected chi connectivity index (χ3v) is 5.55. The van der Waals surface area contributed by atoms with Crippen LogP contribution in [0.3, 0.4) is 0 Å². The number of nitrogens with two attached hydrogens (primary N) is 2. The summed E-state index contributed by atoms with van der Waals surface area (Å²) in [6.45, 7) is 4.48. The van der Waals surface area contributed by atoms with Crippen LogP contribution >= 0.6 is 0 Å². The lowest BCUT2D eigenvalue weighted by molar-refractivity contribution is 0.526. The van der Waals surface area contributed by atoms with Crippen LogP contribution in [0.5, 0.6) is 0 Å². The van der Waals surface area contributed by atoms with Crippen molar-refractivity contribution in [2.45, 2.75) is 89.1 Å². The lowest BCUT2D eigenvalue weighted by Crippen LogP contribution is -2.36. The summed E-state index contributed by atoms with van der Waals surface area (Å²) in [5.41, 5.74) is 14.9. The molecule has 2 aliphatic carbocycles. The molecule has 0 unspecified atom stereocenters. The molecule has 0 radical (unpaired) electrons. The maximum absolute atomic E-state index is 6.50. The van der Waals surface area contributed by atoms with E-state index in [9.17, 15) is 0 Å². The molecule has 0 aromatic heterocycles. The van der Waals surface area contributed by atoms with E-state index in [0.717, 1.165) is 12.8 Å². The second kappa shape index (κ2) is 10.1. The number of allylic oxidation sites excluding steroid dienone is 6. The Labute approximate surface area is 160 Å². The minimum absolute atomic E-state index is 0.281. The Morgan fingerprint density at radius 1 is 0.577 bits per heavy atom. The van der Waals surface area contributed by atoms with Crippen molar-refractivity contribution < 1.29 is 0 Å². The average Bonchev–Trinajstić information content (AvgIpc) is 2.64. The number of unbranched alkanes of at least 4 members (excludes halogenated alkanes) is 6. The van der Waals surface area contributed by atoms with Crippen molar-refractivity contribution in [3.8, 4) is 0 Å². The van der Waals surface area contributed by atoms with Gasteiger partial charge in [-0.15, -0.1) is 0 Å². The molecule has 0 saturated heterocycles. The molecule has 0 aromatic rings. The predicted molar refractivity (Wildman–Crippen MR) is 115 cm³/mol. The van der Waals surface area contributed by atoms with E-state index in [1.807, 2.05) is 0 Å². The van der Waals surface area contributed by atoms with Crippen molar-refractivity contribution >= 4 is 0 Å². The third kappa shape index (κ3) is 6.41.